The first kappa shape index (κ1) is 17.4. The summed E-state index contributed by atoms with van der Waals surface area (Å²) in [5.74, 6) is 0.314. The van der Waals surface area contributed by atoms with Crippen LogP contribution in [-0.4, -0.2) is 57.4 Å². The normalized spacial score (nSPS) is 14.8. The lowest BCUT2D eigenvalue weighted by Gasteiger charge is -2.34. The number of hydrogen-bond donors (Lipinski definition) is 3. The minimum Gasteiger partial charge on any atom is -0.443 e. The summed E-state index contributed by atoms with van der Waals surface area (Å²) in [6, 6.07) is 12.9. The van der Waals surface area contributed by atoms with Crippen LogP contribution in [0.3, 0.4) is 0 Å². The second-order valence-electron chi connectivity index (χ2n) is 7.14. The molecule has 146 valence electrons. The fourth-order valence-corrected chi connectivity index (χ4v) is 3.54. The first-order valence-corrected chi connectivity index (χ1v) is 9.20. The van der Waals surface area contributed by atoms with E-state index >= 15 is 0 Å². The Balaban J connectivity index is 1.44. The molecule has 5 rings (SSSR count). The first-order valence-electron chi connectivity index (χ1n) is 9.20. The van der Waals surface area contributed by atoms with Gasteiger partial charge < -0.3 is 9.72 Å². The van der Waals surface area contributed by atoms with E-state index in [1.54, 1.807) is 6.07 Å². The molecule has 2 aromatic carbocycles. The number of carbonyl (C=O) groups is 1. The Morgan fingerprint density at radius 2 is 2.00 bits per heavy atom. The summed E-state index contributed by atoms with van der Waals surface area (Å²) in [5, 5.41) is 10.7. The lowest BCUT2D eigenvalue weighted by atomic mass is 10.0. The van der Waals surface area contributed by atoms with E-state index in [0.717, 1.165) is 29.6 Å². The molecule has 0 saturated carbocycles. The molecule has 1 fully saturated rings. The number of nitrogens with one attached hydrogen (secondary N) is 3. The summed E-state index contributed by atoms with van der Waals surface area (Å²) in [4.78, 5) is 33.6. The number of aromatic nitrogens is 4. The number of hydrogen-bond acceptors (Lipinski definition) is 6. The fraction of sp³-hybridized carbons (Fsp3) is 0.200. The van der Waals surface area contributed by atoms with Gasteiger partial charge >= 0.3 is 6.09 Å². The maximum atomic E-state index is 12.0. The Kier molecular flexibility index (Phi) is 4.02. The van der Waals surface area contributed by atoms with Crippen molar-refractivity contribution < 1.29 is 9.53 Å². The van der Waals surface area contributed by atoms with Crippen LogP contribution in [0.25, 0.3) is 33.1 Å². The molecule has 29 heavy (non-hydrogen) atoms. The third kappa shape index (κ3) is 3.21. The highest BCUT2D eigenvalue weighted by Crippen LogP contribution is 2.27. The number of nitrogens with zero attached hydrogens (tertiary/aromatic N) is 3. The Bertz CT molecular complexity index is 1290. The van der Waals surface area contributed by atoms with Crippen LogP contribution in [0, 0.1) is 0 Å². The maximum absolute atomic E-state index is 12.0. The molecule has 1 amide bonds. The number of likely N-dealkylation sites (tertiary alicyclic amines) is 1. The standard InChI is InChI=1S/C20H18N6O3/c1-26-9-12(10-26)29-20(28)23-19-21-15-7-6-11(8-16(15)22-19)17-13-4-2-3-5-14(13)18(27)25-24-17/h2-8,12H,9-10H2,1H3,(H,25,27)(H2,21,22,23,28). The Labute approximate surface area is 164 Å². The van der Waals surface area contributed by atoms with Crippen LogP contribution in [0.1, 0.15) is 0 Å². The van der Waals surface area contributed by atoms with Gasteiger partial charge in [0, 0.05) is 24.0 Å². The molecule has 0 spiro atoms. The van der Waals surface area contributed by atoms with Crippen LogP contribution in [-0.2, 0) is 4.74 Å². The van der Waals surface area contributed by atoms with Crippen LogP contribution in [0.4, 0.5) is 10.7 Å². The summed E-state index contributed by atoms with van der Waals surface area (Å²) < 4.78 is 5.31. The van der Waals surface area contributed by atoms with Gasteiger partial charge in [-0.05, 0) is 25.2 Å². The van der Waals surface area contributed by atoms with Crippen LogP contribution in [0.5, 0.6) is 0 Å². The minimum absolute atomic E-state index is 0.0874. The highest BCUT2D eigenvalue weighted by Gasteiger charge is 2.27. The van der Waals surface area contributed by atoms with Crippen molar-refractivity contribution in [1.82, 2.24) is 25.1 Å². The second kappa shape index (κ2) is 6.71. The number of rotatable bonds is 3. The zero-order valence-electron chi connectivity index (χ0n) is 15.6. The molecule has 2 aromatic heterocycles. The molecule has 3 N–H and O–H groups in total. The van der Waals surface area contributed by atoms with E-state index in [4.69, 9.17) is 4.74 Å². The second-order valence-corrected chi connectivity index (χ2v) is 7.14. The predicted octanol–water partition coefficient (Wildman–Crippen LogP) is 2.33. The Morgan fingerprint density at radius 3 is 2.79 bits per heavy atom. The third-order valence-corrected chi connectivity index (χ3v) is 4.98. The quantitative estimate of drug-likeness (QED) is 0.494. The molecule has 1 aliphatic rings. The van der Waals surface area contributed by atoms with Crippen molar-refractivity contribution in [2.75, 3.05) is 25.5 Å². The van der Waals surface area contributed by atoms with E-state index in [2.05, 4.69) is 30.4 Å². The lowest BCUT2D eigenvalue weighted by molar-refractivity contribution is 0.00677. The monoisotopic (exact) mass is 390 g/mol. The molecule has 1 saturated heterocycles. The van der Waals surface area contributed by atoms with Gasteiger partial charge in [0.1, 0.15) is 6.10 Å². The van der Waals surface area contributed by atoms with Gasteiger partial charge in [0.25, 0.3) is 5.56 Å². The van der Waals surface area contributed by atoms with Crippen LogP contribution in [0.15, 0.2) is 47.3 Å². The first-order chi connectivity index (χ1) is 14.1. The molecule has 9 heteroatoms. The molecule has 9 nitrogen and oxygen atoms in total. The predicted molar refractivity (Wildman–Crippen MR) is 109 cm³/mol. The molecular weight excluding hydrogens is 372 g/mol. The summed E-state index contributed by atoms with van der Waals surface area (Å²) in [6.07, 6.45) is -0.619. The van der Waals surface area contributed by atoms with Gasteiger partial charge in [0.2, 0.25) is 5.95 Å². The molecule has 3 heterocycles. The van der Waals surface area contributed by atoms with Crippen molar-refractivity contribution in [3.05, 3.63) is 52.8 Å². The van der Waals surface area contributed by atoms with E-state index in [1.807, 2.05) is 43.4 Å². The summed E-state index contributed by atoms with van der Waals surface area (Å²) in [7, 11) is 1.97. The van der Waals surface area contributed by atoms with Crippen LogP contribution < -0.4 is 10.9 Å². The van der Waals surface area contributed by atoms with Gasteiger partial charge in [-0.3, -0.25) is 15.0 Å². The van der Waals surface area contributed by atoms with Gasteiger partial charge in [-0.15, -0.1) is 0 Å². The third-order valence-electron chi connectivity index (χ3n) is 4.98. The smallest absolute Gasteiger partial charge is 0.414 e. The number of H-pyrrole nitrogens is 2. The highest BCUT2D eigenvalue weighted by molar-refractivity contribution is 5.96. The number of imidazole rings is 1. The largest absolute Gasteiger partial charge is 0.443 e. The summed E-state index contributed by atoms with van der Waals surface area (Å²) in [6.45, 7) is 1.47. The Hall–Kier alpha value is -3.72. The van der Waals surface area contributed by atoms with Crippen molar-refractivity contribution in [3.63, 3.8) is 0 Å². The summed E-state index contributed by atoms with van der Waals surface area (Å²) >= 11 is 0. The number of ether oxygens (including phenoxy) is 1. The van der Waals surface area contributed by atoms with Gasteiger partial charge in [-0.1, -0.05) is 24.3 Å². The van der Waals surface area contributed by atoms with Gasteiger partial charge in [0.05, 0.1) is 22.1 Å². The van der Waals surface area contributed by atoms with Crippen LogP contribution >= 0.6 is 0 Å². The van der Waals surface area contributed by atoms with Crippen LogP contribution in [0.2, 0.25) is 0 Å². The number of carbonyl (C=O) groups excluding carboxylic acids is 1. The van der Waals surface area contributed by atoms with E-state index in [9.17, 15) is 9.59 Å². The number of likely N-dealkylation sites (N-methyl/N-ethyl adjacent to an activating group) is 1. The molecular formula is C20H18N6O3. The molecule has 0 radical (unpaired) electrons. The van der Waals surface area contributed by atoms with Crippen molar-refractivity contribution in [2.45, 2.75) is 6.10 Å². The lowest BCUT2D eigenvalue weighted by Crippen LogP contribution is -2.50. The average Bonchev–Trinajstić information content (AvgIpc) is 3.08. The summed E-state index contributed by atoms with van der Waals surface area (Å²) in [5.41, 5.74) is 2.67. The number of benzene rings is 2. The minimum atomic E-state index is -0.532. The zero-order chi connectivity index (χ0) is 20.0. The van der Waals surface area contributed by atoms with E-state index in [1.165, 1.54) is 0 Å². The topological polar surface area (TPSA) is 116 Å². The number of fused-ring (bicyclic) bond motifs is 2. The van der Waals surface area contributed by atoms with E-state index in [-0.39, 0.29) is 11.7 Å². The van der Waals surface area contributed by atoms with Crippen molar-refractivity contribution in [2.24, 2.45) is 0 Å². The van der Waals surface area contributed by atoms with Gasteiger partial charge in [-0.25, -0.2) is 14.9 Å². The van der Waals surface area contributed by atoms with Gasteiger partial charge in [0.15, 0.2) is 0 Å². The van der Waals surface area contributed by atoms with E-state index in [0.29, 0.717) is 22.5 Å². The van der Waals surface area contributed by atoms with Gasteiger partial charge in [-0.2, -0.15) is 5.10 Å². The zero-order valence-corrected chi connectivity index (χ0v) is 15.6. The maximum Gasteiger partial charge on any atom is 0.414 e. The Morgan fingerprint density at radius 1 is 1.21 bits per heavy atom. The number of anilines is 1. The van der Waals surface area contributed by atoms with Crippen molar-refractivity contribution in [1.29, 1.82) is 0 Å². The van der Waals surface area contributed by atoms with Crippen molar-refractivity contribution >= 4 is 33.8 Å². The molecule has 0 bridgehead atoms. The SMILES string of the molecule is CN1CC(OC(=O)Nc2nc3cc(-c4n[nH]c(=O)c5ccccc45)ccc3[nH]2)C1. The molecule has 0 aliphatic carbocycles. The number of amides is 1. The highest BCUT2D eigenvalue weighted by atomic mass is 16.6. The molecule has 0 unspecified atom stereocenters. The number of aromatic amines is 2. The molecule has 1 aliphatic heterocycles. The van der Waals surface area contributed by atoms with Crippen molar-refractivity contribution in [3.8, 4) is 11.3 Å². The fourth-order valence-electron chi connectivity index (χ4n) is 3.54. The average molecular weight is 390 g/mol. The molecule has 0 atom stereocenters. The molecule has 4 aromatic rings. The van der Waals surface area contributed by atoms with E-state index < -0.39 is 6.09 Å².